The minimum absolute atomic E-state index is 0.827. The Morgan fingerprint density at radius 2 is 2.12 bits per heavy atom. The number of rotatable bonds is 5. The predicted octanol–water partition coefficient (Wildman–Crippen LogP) is 4.59. The van der Waals surface area contributed by atoms with Crippen LogP contribution in [0.4, 0.5) is 0 Å². The zero-order valence-corrected chi connectivity index (χ0v) is 10.7. The molecule has 1 aromatic carbocycles. The van der Waals surface area contributed by atoms with Crippen molar-refractivity contribution in [3.63, 3.8) is 0 Å². The molecule has 0 aliphatic carbocycles. The molecule has 0 radical (unpaired) electrons. The highest BCUT2D eigenvalue weighted by atomic mass is 32.1. The molecule has 0 amide bonds. The van der Waals surface area contributed by atoms with Crippen LogP contribution in [0.2, 0.25) is 0 Å². The fraction of sp³-hybridized carbons (Fsp3) is 0.250. The van der Waals surface area contributed by atoms with Crippen LogP contribution in [-0.4, -0.2) is 0 Å². The number of thiophene rings is 1. The van der Waals surface area contributed by atoms with E-state index in [0.29, 0.717) is 0 Å². The van der Waals surface area contributed by atoms with Gasteiger partial charge in [-0.05, 0) is 36.3 Å². The van der Waals surface area contributed by atoms with Gasteiger partial charge in [0.05, 0.1) is 0 Å². The molecule has 0 aliphatic heterocycles. The summed E-state index contributed by atoms with van der Waals surface area (Å²) in [6.07, 6.45) is 11.3. The molecule has 0 fully saturated rings. The maximum atomic E-state index is 5.36. The minimum Gasteiger partial charge on any atom is -0.140 e. The van der Waals surface area contributed by atoms with Gasteiger partial charge in [-0.15, -0.1) is 30.3 Å². The number of hydrogen-bond donors (Lipinski definition) is 0. The van der Waals surface area contributed by atoms with Crippen molar-refractivity contribution in [2.75, 3.05) is 0 Å². The summed E-state index contributed by atoms with van der Waals surface area (Å²) in [5, 5.41) is 1.39. The van der Waals surface area contributed by atoms with E-state index < -0.39 is 0 Å². The fourth-order valence-corrected chi connectivity index (χ4v) is 3.31. The highest BCUT2D eigenvalue weighted by molar-refractivity contribution is 7.19. The summed E-state index contributed by atoms with van der Waals surface area (Å²) in [7, 11) is 0. The van der Waals surface area contributed by atoms with E-state index in [2.05, 4.69) is 36.8 Å². The van der Waals surface area contributed by atoms with Crippen LogP contribution in [-0.2, 0) is 12.8 Å². The van der Waals surface area contributed by atoms with Crippen LogP contribution in [0.3, 0.4) is 0 Å². The average Bonchev–Trinajstić information content (AvgIpc) is 2.71. The average molecular weight is 240 g/mol. The van der Waals surface area contributed by atoms with Gasteiger partial charge in [0.15, 0.2) is 0 Å². The van der Waals surface area contributed by atoms with Gasteiger partial charge in [-0.1, -0.05) is 24.3 Å². The number of terminal acetylenes is 1. The van der Waals surface area contributed by atoms with Crippen molar-refractivity contribution in [1.29, 1.82) is 0 Å². The highest BCUT2D eigenvalue weighted by Crippen LogP contribution is 2.33. The molecule has 0 bridgehead atoms. The highest BCUT2D eigenvalue weighted by Gasteiger charge is 2.10. The molecule has 0 N–H and O–H groups in total. The molecule has 0 nitrogen and oxygen atoms in total. The van der Waals surface area contributed by atoms with E-state index in [4.69, 9.17) is 6.42 Å². The molecule has 0 spiro atoms. The SMILES string of the molecule is C#CCCc1sc2ccccc2c1CCC=C. The van der Waals surface area contributed by atoms with Crippen molar-refractivity contribution in [3.05, 3.63) is 47.4 Å². The first-order valence-corrected chi connectivity index (χ1v) is 6.72. The first-order chi connectivity index (χ1) is 8.36. The van der Waals surface area contributed by atoms with Gasteiger partial charge in [0.2, 0.25) is 0 Å². The van der Waals surface area contributed by atoms with Crippen molar-refractivity contribution >= 4 is 21.4 Å². The molecule has 86 valence electrons. The monoisotopic (exact) mass is 240 g/mol. The molecule has 2 aromatic rings. The summed E-state index contributed by atoms with van der Waals surface area (Å²) in [5.74, 6) is 2.73. The van der Waals surface area contributed by atoms with Gasteiger partial charge in [0.25, 0.3) is 0 Å². The quantitative estimate of drug-likeness (QED) is 0.530. The number of benzene rings is 1. The lowest BCUT2D eigenvalue weighted by Crippen LogP contribution is -1.88. The lowest BCUT2D eigenvalue weighted by atomic mass is 10.0. The summed E-state index contributed by atoms with van der Waals surface area (Å²) in [6, 6.07) is 8.61. The zero-order chi connectivity index (χ0) is 12.1. The molecular formula is C16H16S. The smallest absolute Gasteiger partial charge is 0.0348 e. The summed E-state index contributed by atoms with van der Waals surface area (Å²) >= 11 is 1.88. The number of hydrogen-bond acceptors (Lipinski definition) is 1. The Balaban J connectivity index is 2.41. The minimum atomic E-state index is 0.827. The third-order valence-corrected chi connectivity index (χ3v) is 4.15. The zero-order valence-electron chi connectivity index (χ0n) is 9.91. The Morgan fingerprint density at radius 1 is 1.29 bits per heavy atom. The van der Waals surface area contributed by atoms with Crippen LogP contribution in [0.1, 0.15) is 23.3 Å². The summed E-state index contributed by atoms with van der Waals surface area (Å²) in [4.78, 5) is 1.45. The molecule has 1 heteroatoms. The Labute approximate surface area is 107 Å². The second-order valence-electron chi connectivity index (χ2n) is 4.03. The molecule has 0 atom stereocenters. The van der Waals surface area contributed by atoms with Gasteiger partial charge in [-0.25, -0.2) is 0 Å². The molecule has 1 heterocycles. The van der Waals surface area contributed by atoms with E-state index in [-0.39, 0.29) is 0 Å². The predicted molar refractivity (Wildman–Crippen MR) is 77.5 cm³/mol. The molecule has 0 aliphatic rings. The van der Waals surface area contributed by atoms with Gasteiger partial charge >= 0.3 is 0 Å². The molecule has 2 rings (SSSR count). The van der Waals surface area contributed by atoms with E-state index >= 15 is 0 Å². The molecule has 0 saturated carbocycles. The molecule has 1 aromatic heterocycles. The van der Waals surface area contributed by atoms with Crippen LogP contribution < -0.4 is 0 Å². The Kier molecular flexibility index (Phi) is 4.01. The fourth-order valence-electron chi connectivity index (χ4n) is 2.06. The number of fused-ring (bicyclic) bond motifs is 1. The Bertz CT molecular complexity index is 554. The molecular weight excluding hydrogens is 224 g/mol. The van der Waals surface area contributed by atoms with E-state index in [9.17, 15) is 0 Å². The summed E-state index contributed by atoms with van der Waals surface area (Å²) < 4.78 is 1.37. The van der Waals surface area contributed by atoms with Crippen LogP contribution in [0.25, 0.3) is 10.1 Å². The first kappa shape index (κ1) is 12.0. The molecule has 17 heavy (non-hydrogen) atoms. The van der Waals surface area contributed by atoms with Crippen LogP contribution in [0.5, 0.6) is 0 Å². The van der Waals surface area contributed by atoms with Gasteiger partial charge in [0.1, 0.15) is 0 Å². The Morgan fingerprint density at radius 3 is 2.88 bits per heavy atom. The lowest BCUT2D eigenvalue weighted by Gasteiger charge is -2.01. The van der Waals surface area contributed by atoms with E-state index in [1.165, 1.54) is 20.5 Å². The van der Waals surface area contributed by atoms with Gasteiger partial charge in [-0.2, -0.15) is 0 Å². The molecule has 0 saturated heterocycles. The van der Waals surface area contributed by atoms with Crippen LogP contribution >= 0.6 is 11.3 Å². The summed E-state index contributed by atoms with van der Waals surface area (Å²) in [6.45, 7) is 3.80. The number of allylic oxidation sites excluding steroid dienone is 1. The van der Waals surface area contributed by atoms with Crippen LogP contribution in [0, 0.1) is 12.3 Å². The van der Waals surface area contributed by atoms with Crippen molar-refractivity contribution < 1.29 is 0 Å². The van der Waals surface area contributed by atoms with Crippen molar-refractivity contribution in [2.24, 2.45) is 0 Å². The normalized spacial score (nSPS) is 10.3. The number of aryl methyl sites for hydroxylation is 2. The second-order valence-corrected chi connectivity index (χ2v) is 5.17. The largest absolute Gasteiger partial charge is 0.140 e. The summed E-state index contributed by atoms with van der Waals surface area (Å²) in [5.41, 5.74) is 1.47. The third-order valence-electron chi connectivity index (χ3n) is 2.88. The Hall–Kier alpha value is -1.52. The molecule has 0 unspecified atom stereocenters. The second kappa shape index (κ2) is 5.70. The maximum absolute atomic E-state index is 5.36. The lowest BCUT2D eigenvalue weighted by molar-refractivity contribution is 0.968. The topological polar surface area (TPSA) is 0 Å². The van der Waals surface area contributed by atoms with E-state index in [1.54, 1.807) is 0 Å². The van der Waals surface area contributed by atoms with E-state index in [1.807, 2.05) is 17.4 Å². The van der Waals surface area contributed by atoms with Gasteiger partial charge in [0, 0.05) is 16.0 Å². The van der Waals surface area contributed by atoms with Crippen LogP contribution in [0.15, 0.2) is 36.9 Å². The first-order valence-electron chi connectivity index (χ1n) is 5.90. The van der Waals surface area contributed by atoms with Crippen molar-refractivity contribution in [1.82, 2.24) is 0 Å². The van der Waals surface area contributed by atoms with Crippen molar-refractivity contribution in [2.45, 2.75) is 25.7 Å². The maximum Gasteiger partial charge on any atom is 0.0348 e. The van der Waals surface area contributed by atoms with Crippen molar-refractivity contribution in [3.8, 4) is 12.3 Å². The standard InChI is InChI=1S/C16H16S/c1-3-5-9-13-14-10-7-8-12-16(14)17-15(13)11-6-4-2/h2-3,7-8,10,12H,1,5-6,9,11H2. The third kappa shape index (κ3) is 2.60. The van der Waals surface area contributed by atoms with Gasteiger partial charge < -0.3 is 0 Å². The van der Waals surface area contributed by atoms with E-state index in [0.717, 1.165) is 25.7 Å². The van der Waals surface area contributed by atoms with Gasteiger partial charge in [-0.3, -0.25) is 0 Å².